The van der Waals surface area contributed by atoms with Crippen molar-refractivity contribution in [2.45, 2.75) is 25.4 Å². The molecule has 0 spiro atoms. The maximum atomic E-state index is 11.0. The Hall–Kier alpha value is -1.44. The Bertz CT molecular complexity index is 316. The van der Waals surface area contributed by atoms with Crippen LogP contribution in [0.1, 0.15) is 6.92 Å². The molecule has 7 nitrogen and oxygen atoms in total. The number of carbonyl (C=O) groups excluding carboxylic acids is 2. The smallest absolute Gasteiger partial charge is 0.223 e. The van der Waals surface area contributed by atoms with Gasteiger partial charge < -0.3 is 25.0 Å². The number of hydrogen-bond donors (Lipinski definition) is 3. The van der Waals surface area contributed by atoms with Crippen LogP contribution in [0.4, 0.5) is 0 Å². The average molecular weight is 245 g/mol. The third kappa shape index (κ3) is 3.81. The molecule has 1 rings (SSSR count). The lowest BCUT2D eigenvalue weighted by Gasteiger charge is -2.33. The van der Waals surface area contributed by atoms with E-state index in [2.05, 4.69) is 5.32 Å². The molecule has 1 aliphatic heterocycles. The first kappa shape index (κ1) is 13.6. The summed E-state index contributed by atoms with van der Waals surface area (Å²) in [6.07, 6.45) is -0.475. The van der Waals surface area contributed by atoms with Crippen molar-refractivity contribution in [2.75, 3.05) is 13.2 Å². The summed E-state index contributed by atoms with van der Waals surface area (Å²) in [4.78, 5) is 21.5. The largest absolute Gasteiger partial charge is 0.459 e. The van der Waals surface area contributed by atoms with E-state index in [1.54, 1.807) is 0 Å². The van der Waals surface area contributed by atoms with E-state index < -0.39 is 18.4 Å². The molecule has 0 saturated carbocycles. The van der Waals surface area contributed by atoms with Crippen molar-refractivity contribution in [1.82, 2.24) is 5.32 Å². The number of aliphatic hydroxyl groups excluding tert-OH is 2. The van der Waals surface area contributed by atoms with Gasteiger partial charge in [-0.3, -0.25) is 9.59 Å². The van der Waals surface area contributed by atoms with Crippen molar-refractivity contribution in [3.63, 3.8) is 0 Å². The van der Waals surface area contributed by atoms with Crippen LogP contribution < -0.4 is 5.32 Å². The first-order chi connectivity index (χ1) is 8.08. The Labute approximate surface area is 98.0 Å². The average Bonchev–Trinajstić information content (AvgIpc) is 2.29. The van der Waals surface area contributed by atoms with E-state index in [1.165, 1.54) is 13.0 Å². The standard InChI is InChI=1S/C10H15NO6/c1-6(14)11-9-8(15)4-7(5-13)17-10(9)16-3-2-12/h4-5,8-10,12,15H,2-3H2,1H3,(H,11,14)/t8-,9+,10+/m0/s1. The first-order valence-corrected chi connectivity index (χ1v) is 5.09. The quantitative estimate of drug-likeness (QED) is 0.499. The molecule has 0 fully saturated rings. The third-order valence-electron chi connectivity index (χ3n) is 2.11. The van der Waals surface area contributed by atoms with Gasteiger partial charge in [0.05, 0.1) is 13.2 Å². The van der Waals surface area contributed by atoms with Gasteiger partial charge in [0.25, 0.3) is 0 Å². The second-order valence-electron chi connectivity index (χ2n) is 3.48. The molecular weight excluding hydrogens is 230 g/mol. The van der Waals surface area contributed by atoms with E-state index >= 15 is 0 Å². The number of nitrogens with one attached hydrogen (secondary N) is 1. The predicted octanol–water partition coefficient (Wildman–Crippen LogP) is -1.70. The Morgan fingerprint density at radius 1 is 1.71 bits per heavy atom. The van der Waals surface area contributed by atoms with Gasteiger partial charge in [-0.2, -0.15) is 0 Å². The Morgan fingerprint density at radius 3 is 2.94 bits per heavy atom. The summed E-state index contributed by atoms with van der Waals surface area (Å²) in [6, 6.07) is -0.817. The van der Waals surface area contributed by atoms with E-state index in [9.17, 15) is 14.7 Å². The SMILES string of the molecule is CC(=O)N[C@H]1[C@H](OCCO)OC(C=O)=C[C@@H]1O. The minimum atomic E-state index is -1.09. The number of allylic oxidation sites excluding steroid dienone is 1. The maximum absolute atomic E-state index is 11.0. The lowest BCUT2D eigenvalue weighted by atomic mass is 10.1. The maximum Gasteiger partial charge on any atom is 0.223 e. The van der Waals surface area contributed by atoms with E-state index in [-0.39, 0.29) is 24.9 Å². The topological polar surface area (TPSA) is 105 Å². The number of aliphatic hydroxyl groups is 2. The molecule has 0 unspecified atom stereocenters. The fourth-order valence-corrected chi connectivity index (χ4v) is 1.44. The summed E-state index contributed by atoms with van der Waals surface area (Å²) in [5.74, 6) is -0.430. The number of hydrogen-bond acceptors (Lipinski definition) is 6. The molecule has 0 radical (unpaired) electrons. The number of ether oxygens (including phenoxy) is 2. The molecule has 96 valence electrons. The minimum Gasteiger partial charge on any atom is -0.459 e. The van der Waals surface area contributed by atoms with E-state index in [0.29, 0.717) is 6.29 Å². The van der Waals surface area contributed by atoms with Crippen molar-refractivity contribution in [3.05, 3.63) is 11.8 Å². The number of carbonyl (C=O) groups is 2. The zero-order valence-electron chi connectivity index (χ0n) is 9.33. The zero-order chi connectivity index (χ0) is 12.8. The summed E-state index contributed by atoms with van der Waals surface area (Å²) in [7, 11) is 0. The molecule has 1 amide bonds. The summed E-state index contributed by atoms with van der Waals surface area (Å²) in [5, 5.41) is 20.8. The van der Waals surface area contributed by atoms with E-state index in [0.717, 1.165) is 0 Å². The van der Waals surface area contributed by atoms with Crippen LogP contribution in [-0.4, -0.2) is 54.1 Å². The molecule has 0 bridgehead atoms. The molecule has 0 aliphatic carbocycles. The van der Waals surface area contributed by atoms with Gasteiger partial charge in [-0.15, -0.1) is 0 Å². The first-order valence-electron chi connectivity index (χ1n) is 5.09. The van der Waals surface area contributed by atoms with Crippen LogP contribution >= 0.6 is 0 Å². The molecule has 0 aromatic rings. The van der Waals surface area contributed by atoms with Gasteiger partial charge in [0.15, 0.2) is 12.0 Å². The van der Waals surface area contributed by atoms with Gasteiger partial charge in [-0.05, 0) is 6.08 Å². The van der Waals surface area contributed by atoms with Crippen molar-refractivity contribution < 1.29 is 29.3 Å². The summed E-state index contributed by atoms with van der Waals surface area (Å²) < 4.78 is 10.2. The van der Waals surface area contributed by atoms with Gasteiger partial charge in [-0.25, -0.2) is 0 Å². The lowest BCUT2D eigenvalue weighted by molar-refractivity contribution is -0.169. The number of aldehydes is 1. The van der Waals surface area contributed by atoms with Crippen LogP contribution in [0.15, 0.2) is 11.8 Å². The monoisotopic (exact) mass is 245 g/mol. The van der Waals surface area contributed by atoms with Gasteiger partial charge in [0.1, 0.15) is 12.1 Å². The second-order valence-corrected chi connectivity index (χ2v) is 3.48. The molecule has 1 heterocycles. The molecule has 3 atom stereocenters. The normalized spacial score (nSPS) is 27.9. The summed E-state index contributed by atoms with van der Waals surface area (Å²) in [6.45, 7) is 1.03. The van der Waals surface area contributed by atoms with Crippen LogP contribution in [0.3, 0.4) is 0 Å². The van der Waals surface area contributed by atoms with Crippen molar-refractivity contribution in [1.29, 1.82) is 0 Å². The molecule has 7 heteroatoms. The fraction of sp³-hybridized carbons (Fsp3) is 0.600. The zero-order valence-corrected chi connectivity index (χ0v) is 9.33. The molecule has 0 aromatic heterocycles. The highest BCUT2D eigenvalue weighted by atomic mass is 16.7. The second kappa shape index (κ2) is 6.33. The highest BCUT2D eigenvalue weighted by Crippen LogP contribution is 2.18. The molecule has 3 N–H and O–H groups in total. The van der Waals surface area contributed by atoms with Crippen LogP contribution in [0.25, 0.3) is 0 Å². The Balaban J connectivity index is 2.76. The van der Waals surface area contributed by atoms with Crippen LogP contribution in [0.2, 0.25) is 0 Å². The molecule has 1 aliphatic rings. The highest BCUT2D eigenvalue weighted by Gasteiger charge is 2.35. The number of rotatable bonds is 5. The van der Waals surface area contributed by atoms with Crippen LogP contribution in [0.5, 0.6) is 0 Å². The van der Waals surface area contributed by atoms with Gasteiger partial charge in [0.2, 0.25) is 12.2 Å². The fourth-order valence-electron chi connectivity index (χ4n) is 1.44. The Morgan fingerprint density at radius 2 is 2.41 bits per heavy atom. The minimum absolute atomic E-state index is 0.0282. The Kier molecular flexibility index (Phi) is 5.08. The van der Waals surface area contributed by atoms with E-state index in [4.69, 9.17) is 14.6 Å². The molecule has 0 aromatic carbocycles. The van der Waals surface area contributed by atoms with Crippen LogP contribution in [-0.2, 0) is 19.1 Å². The van der Waals surface area contributed by atoms with Crippen LogP contribution in [0, 0.1) is 0 Å². The van der Waals surface area contributed by atoms with Gasteiger partial charge in [-0.1, -0.05) is 0 Å². The lowest BCUT2D eigenvalue weighted by Crippen LogP contribution is -2.54. The molecular formula is C10H15NO6. The third-order valence-corrected chi connectivity index (χ3v) is 2.11. The summed E-state index contributed by atoms with van der Waals surface area (Å²) >= 11 is 0. The van der Waals surface area contributed by atoms with Crippen molar-refractivity contribution >= 4 is 12.2 Å². The van der Waals surface area contributed by atoms with Gasteiger partial charge in [0, 0.05) is 6.92 Å². The molecule has 17 heavy (non-hydrogen) atoms. The van der Waals surface area contributed by atoms with Crippen molar-refractivity contribution in [2.24, 2.45) is 0 Å². The molecule has 0 saturated heterocycles. The van der Waals surface area contributed by atoms with Gasteiger partial charge >= 0.3 is 0 Å². The van der Waals surface area contributed by atoms with E-state index in [1.807, 2.05) is 0 Å². The highest BCUT2D eigenvalue weighted by molar-refractivity contribution is 5.74. The number of amides is 1. The van der Waals surface area contributed by atoms with Crippen molar-refractivity contribution in [3.8, 4) is 0 Å². The predicted molar refractivity (Wildman–Crippen MR) is 55.7 cm³/mol. The summed E-state index contributed by atoms with van der Waals surface area (Å²) in [5.41, 5.74) is 0.